The summed E-state index contributed by atoms with van der Waals surface area (Å²) in [5.74, 6) is 0.0370. The molecule has 0 radical (unpaired) electrons. The second kappa shape index (κ2) is 9.10. The summed E-state index contributed by atoms with van der Waals surface area (Å²) in [5, 5.41) is 8.09. The normalized spacial score (nSPS) is 18.5. The highest BCUT2D eigenvalue weighted by Crippen LogP contribution is 2.46. The van der Waals surface area contributed by atoms with Gasteiger partial charge in [0.05, 0.1) is 17.4 Å². The number of hydrogen-bond donors (Lipinski definition) is 2. The molecule has 4 nitrogen and oxygen atoms in total. The summed E-state index contributed by atoms with van der Waals surface area (Å²) in [6.45, 7) is 8.23. The molecule has 0 amide bonds. The summed E-state index contributed by atoms with van der Waals surface area (Å²) < 4.78 is 0. The van der Waals surface area contributed by atoms with Gasteiger partial charge < -0.3 is 10.6 Å². The topological polar surface area (TPSA) is 58.2 Å². The molecule has 1 unspecified atom stereocenters. The van der Waals surface area contributed by atoms with E-state index in [9.17, 15) is 9.59 Å². The van der Waals surface area contributed by atoms with Gasteiger partial charge in [-0.15, -0.1) is 0 Å². The zero-order valence-electron chi connectivity index (χ0n) is 20.8. The first-order valence-corrected chi connectivity index (χ1v) is 12.8. The monoisotopic (exact) mass is 518 g/mol. The Morgan fingerprint density at radius 3 is 2.33 bits per heavy atom. The number of aryl methyl sites for hydroxylation is 2. The number of allylic oxidation sites excluding steroid dienone is 1. The molecule has 5 rings (SSSR count). The highest BCUT2D eigenvalue weighted by Gasteiger charge is 2.39. The van der Waals surface area contributed by atoms with Gasteiger partial charge in [-0.1, -0.05) is 55.2 Å². The van der Waals surface area contributed by atoms with Gasteiger partial charge in [-0.2, -0.15) is 0 Å². The maximum absolute atomic E-state index is 13.5. The first-order chi connectivity index (χ1) is 17.0. The molecular weight excluding hydrogens is 491 g/mol. The van der Waals surface area contributed by atoms with Gasteiger partial charge in [0.15, 0.2) is 11.6 Å². The minimum absolute atomic E-state index is 0.0431. The molecule has 2 N–H and O–H groups in total. The average molecular weight is 519 g/mol. The van der Waals surface area contributed by atoms with Gasteiger partial charge in [-0.25, -0.2) is 0 Å². The number of Topliss-reactive ketones (excluding diaryl/α,β-unsaturated/α-hetero) is 1. The molecule has 2 aliphatic rings. The van der Waals surface area contributed by atoms with Crippen LogP contribution in [0.3, 0.4) is 0 Å². The summed E-state index contributed by atoms with van der Waals surface area (Å²) in [6, 6.07) is 16.2. The molecular formula is C30H28Cl2N2O2. The summed E-state index contributed by atoms with van der Waals surface area (Å²) in [5.41, 5.74) is 7.15. The van der Waals surface area contributed by atoms with Gasteiger partial charge in [-0.05, 0) is 78.8 Å². The second-order valence-corrected chi connectivity index (χ2v) is 11.4. The number of halogens is 2. The van der Waals surface area contributed by atoms with E-state index in [0.29, 0.717) is 39.6 Å². The van der Waals surface area contributed by atoms with E-state index in [-0.39, 0.29) is 17.0 Å². The zero-order valence-corrected chi connectivity index (χ0v) is 22.3. The molecule has 0 fully saturated rings. The number of fused-ring (bicyclic) bond motifs is 1. The maximum atomic E-state index is 13.5. The Balaban J connectivity index is 1.61. The predicted octanol–water partition coefficient (Wildman–Crippen LogP) is 8.06. The molecule has 1 aliphatic heterocycles. The van der Waals surface area contributed by atoms with Crippen LogP contribution < -0.4 is 10.6 Å². The van der Waals surface area contributed by atoms with Crippen molar-refractivity contribution >= 4 is 46.1 Å². The Kier molecular flexibility index (Phi) is 6.22. The summed E-state index contributed by atoms with van der Waals surface area (Å²) in [6.07, 6.45) is 1.15. The van der Waals surface area contributed by atoms with Gasteiger partial charge in [0, 0.05) is 38.9 Å². The number of anilines is 2. The molecule has 184 valence electrons. The van der Waals surface area contributed by atoms with Crippen molar-refractivity contribution in [3.05, 3.63) is 104 Å². The Morgan fingerprint density at radius 2 is 1.61 bits per heavy atom. The van der Waals surface area contributed by atoms with Crippen LogP contribution in [0, 0.1) is 19.3 Å². The fourth-order valence-corrected chi connectivity index (χ4v) is 5.62. The van der Waals surface area contributed by atoms with Crippen LogP contribution in [0.5, 0.6) is 0 Å². The van der Waals surface area contributed by atoms with E-state index < -0.39 is 6.04 Å². The summed E-state index contributed by atoms with van der Waals surface area (Å²) >= 11 is 12.8. The number of benzene rings is 3. The number of nitrogens with one attached hydrogen (secondary N) is 2. The Morgan fingerprint density at radius 1 is 0.889 bits per heavy atom. The van der Waals surface area contributed by atoms with Crippen molar-refractivity contribution in [2.75, 3.05) is 10.6 Å². The molecule has 0 saturated carbocycles. The molecule has 1 heterocycles. The molecule has 1 atom stereocenters. The minimum atomic E-state index is -0.441. The highest BCUT2D eigenvalue weighted by molar-refractivity contribution is 6.35. The van der Waals surface area contributed by atoms with Crippen molar-refractivity contribution < 1.29 is 9.59 Å². The van der Waals surface area contributed by atoms with Gasteiger partial charge >= 0.3 is 0 Å². The molecule has 3 aromatic carbocycles. The lowest BCUT2D eigenvalue weighted by atomic mass is 9.73. The van der Waals surface area contributed by atoms with Crippen LogP contribution in [-0.4, -0.2) is 11.6 Å². The highest BCUT2D eigenvalue weighted by atomic mass is 35.5. The molecule has 36 heavy (non-hydrogen) atoms. The Bertz CT molecular complexity index is 1460. The predicted molar refractivity (Wildman–Crippen MR) is 147 cm³/mol. The van der Waals surface area contributed by atoms with E-state index in [1.807, 2.05) is 56.3 Å². The van der Waals surface area contributed by atoms with E-state index in [2.05, 4.69) is 24.5 Å². The third-order valence-corrected chi connectivity index (χ3v) is 7.68. The van der Waals surface area contributed by atoms with Crippen molar-refractivity contribution in [3.63, 3.8) is 0 Å². The van der Waals surface area contributed by atoms with Gasteiger partial charge in [-0.3, -0.25) is 9.59 Å². The van der Waals surface area contributed by atoms with Crippen molar-refractivity contribution in [3.8, 4) is 0 Å². The van der Waals surface area contributed by atoms with Crippen LogP contribution in [0.4, 0.5) is 11.4 Å². The summed E-state index contributed by atoms with van der Waals surface area (Å²) in [7, 11) is 0. The van der Waals surface area contributed by atoms with Crippen LogP contribution in [0.25, 0.3) is 0 Å². The largest absolute Gasteiger partial charge is 0.372 e. The van der Waals surface area contributed by atoms with E-state index in [4.69, 9.17) is 23.2 Å². The smallest absolute Gasteiger partial charge is 0.193 e. The van der Waals surface area contributed by atoms with Crippen LogP contribution in [0.15, 0.2) is 65.9 Å². The van der Waals surface area contributed by atoms with E-state index in [1.54, 1.807) is 12.1 Å². The fraction of sp³-hybridized carbons (Fsp3) is 0.267. The molecule has 0 spiro atoms. The van der Waals surface area contributed by atoms with E-state index in [0.717, 1.165) is 33.8 Å². The first-order valence-electron chi connectivity index (χ1n) is 12.0. The first kappa shape index (κ1) is 24.6. The quantitative estimate of drug-likeness (QED) is 0.344. The average Bonchev–Trinajstić information content (AvgIpc) is 2.95. The third kappa shape index (κ3) is 4.56. The van der Waals surface area contributed by atoms with Crippen molar-refractivity contribution in [1.29, 1.82) is 0 Å². The maximum Gasteiger partial charge on any atom is 0.193 e. The van der Waals surface area contributed by atoms with Gasteiger partial charge in [0.25, 0.3) is 0 Å². The van der Waals surface area contributed by atoms with Crippen molar-refractivity contribution in [2.24, 2.45) is 5.41 Å². The zero-order chi connectivity index (χ0) is 25.8. The molecule has 0 saturated heterocycles. The van der Waals surface area contributed by atoms with Gasteiger partial charge in [0.2, 0.25) is 0 Å². The lowest BCUT2D eigenvalue weighted by Gasteiger charge is -2.34. The van der Waals surface area contributed by atoms with Gasteiger partial charge in [0.1, 0.15) is 0 Å². The third-order valence-electron chi connectivity index (χ3n) is 7.12. The molecule has 1 aliphatic carbocycles. The lowest BCUT2D eigenvalue weighted by molar-refractivity contribution is -0.118. The van der Waals surface area contributed by atoms with E-state index in [1.165, 1.54) is 0 Å². The van der Waals surface area contributed by atoms with Crippen LogP contribution in [0.2, 0.25) is 10.0 Å². The van der Waals surface area contributed by atoms with Crippen LogP contribution in [0.1, 0.15) is 65.3 Å². The number of hydrogen-bond acceptors (Lipinski definition) is 4. The molecule has 0 aromatic heterocycles. The molecule has 0 bridgehead atoms. The molecule has 3 aromatic rings. The van der Waals surface area contributed by atoms with Crippen molar-refractivity contribution in [2.45, 2.75) is 46.6 Å². The Labute approximate surface area is 221 Å². The Hall–Kier alpha value is -3.08. The van der Waals surface area contributed by atoms with Crippen molar-refractivity contribution in [1.82, 2.24) is 0 Å². The lowest BCUT2D eigenvalue weighted by Crippen LogP contribution is -2.31. The number of ketones is 2. The molecule has 6 heteroatoms. The standard InChI is InChI=1S/C30H28Cl2N2O2/c1-16-5-6-18(11-17(16)2)29(36)19-7-10-23-24(12-19)33-25-14-30(3,4)15-26(35)27(25)28(34-23)21-9-8-20(31)13-22(21)32/h5-13,28,33-34H,14-15H2,1-4H3. The fourth-order valence-electron chi connectivity index (χ4n) is 5.10. The van der Waals surface area contributed by atoms with Crippen LogP contribution >= 0.6 is 23.2 Å². The number of carbonyl (C=O) groups excluding carboxylic acids is 2. The summed E-state index contributed by atoms with van der Waals surface area (Å²) in [4.78, 5) is 26.8. The number of rotatable bonds is 3. The minimum Gasteiger partial charge on any atom is -0.372 e. The SMILES string of the molecule is Cc1ccc(C(=O)c2ccc3c(c2)NC2=C(C(=O)CC(C)(C)C2)C(c2ccc(Cl)cc2Cl)N3)cc1C. The van der Waals surface area contributed by atoms with E-state index >= 15 is 0 Å². The second-order valence-electron chi connectivity index (χ2n) is 10.6. The van der Waals surface area contributed by atoms with Crippen LogP contribution in [-0.2, 0) is 4.79 Å². The number of carbonyl (C=O) groups is 2.